The molecule has 1 aliphatic rings. The Morgan fingerprint density at radius 3 is 2.91 bits per heavy atom. The summed E-state index contributed by atoms with van der Waals surface area (Å²) in [4.78, 5) is 14.4. The second-order valence-electron chi connectivity index (χ2n) is 6.08. The Balaban J connectivity index is 1.81. The maximum Gasteiger partial charge on any atom is 0.257 e. The molecule has 0 bridgehead atoms. The Hall–Kier alpha value is -1.85. The lowest BCUT2D eigenvalue weighted by molar-refractivity contribution is 0.0694. The first-order chi connectivity index (χ1) is 11.1. The predicted octanol–water partition coefficient (Wildman–Crippen LogP) is 2.96. The highest BCUT2D eigenvalue weighted by atomic mass is 35.5. The summed E-state index contributed by atoms with van der Waals surface area (Å²) in [5.74, 6) is 0.0346. The summed E-state index contributed by atoms with van der Waals surface area (Å²) in [6, 6.07) is 7.35. The second kappa shape index (κ2) is 6.72. The summed E-state index contributed by atoms with van der Waals surface area (Å²) in [6.45, 7) is 0.549. The van der Waals surface area contributed by atoms with Gasteiger partial charge in [-0.25, -0.2) is 0 Å². The third kappa shape index (κ3) is 3.26. The number of benzene rings is 1. The van der Waals surface area contributed by atoms with Crippen LogP contribution in [0, 0.1) is 5.92 Å². The summed E-state index contributed by atoms with van der Waals surface area (Å²) in [6.07, 6.45) is 4.02. The Bertz CT molecular complexity index is 701. The van der Waals surface area contributed by atoms with Crippen molar-refractivity contribution in [3.05, 3.63) is 41.0 Å². The molecular formula is C17H20ClN3O2. The standard InChI is InChI=1S/C17H20ClN3O2/c1-21(10-11-5-4-8-15(11)22)17(23)13-9-19-20-16(13)12-6-2-3-7-14(12)18/h2-3,6-7,9,11,15,22H,4-5,8,10H2,1H3,(H,19,20). The van der Waals surface area contributed by atoms with Crippen LogP contribution in [0.2, 0.25) is 5.02 Å². The van der Waals surface area contributed by atoms with Crippen molar-refractivity contribution >= 4 is 17.5 Å². The van der Waals surface area contributed by atoms with E-state index < -0.39 is 0 Å². The molecule has 3 rings (SSSR count). The third-order valence-electron chi connectivity index (χ3n) is 4.49. The third-order valence-corrected chi connectivity index (χ3v) is 4.82. The van der Waals surface area contributed by atoms with Gasteiger partial charge >= 0.3 is 0 Å². The summed E-state index contributed by atoms with van der Waals surface area (Å²) in [5, 5.41) is 17.4. The van der Waals surface area contributed by atoms with Crippen molar-refractivity contribution in [1.82, 2.24) is 15.1 Å². The maximum absolute atomic E-state index is 12.7. The van der Waals surface area contributed by atoms with Gasteiger partial charge in [0, 0.05) is 30.1 Å². The van der Waals surface area contributed by atoms with Gasteiger partial charge in [-0.05, 0) is 18.9 Å². The molecule has 1 aromatic carbocycles. The molecular weight excluding hydrogens is 314 g/mol. The Kier molecular flexibility index (Phi) is 4.68. The van der Waals surface area contributed by atoms with Crippen molar-refractivity contribution in [3.8, 4) is 11.3 Å². The van der Waals surface area contributed by atoms with E-state index in [2.05, 4.69) is 10.2 Å². The van der Waals surface area contributed by atoms with Crippen LogP contribution in [0.3, 0.4) is 0 Å². The normalized spacial score (nSPS) is 20.7. The lowest BCUT2D eigenvalue weighted by atomic mass is 10.0. The molecule has 2 unspecified atom stereocenters. The number of carbonyl (C=O) groups excluding carboxylic acids is 1. The molecule has 6 heteroatoms. The van der Waals surface area contributed by atoms with Gasteiger partial charge < -0.3 is 10.0 Å². The van der Waals surface area contributed by atoms with Crippen LogP contribution in [0.1, 0.15) is 29.6 Å². The van der Waals surface area contributed by atoms with E-state index in [9.17, 15) is 9.90 Å². The van der Waals surface area contributed by atoms with Crippen LogP contribution in [0.5, 0.6) is 0 Å². The Morgan fingerprint density at radius 2 is 2.22 bits per heavy atom. The lowest BCUT2D eigenvalue weighted by Crippen LogP contribution is -2.34. The summed E-state index contributed by atoms with van der Waals surface area (Å²) in [5.41, 5.74) is 1.87. The fraction of sp³-hybridized carbons (Fsp3) is 0.412. The van der Waals surface area contributed by atoms with Gasteiger partial charge in [-0.1, -0.05) is 36.2 Å². The smallest absolute Gasteiger partial charge is 0.257 e. The molecule has 2 aromatic rings. The number of nitrogens with zero attached hydrogens (tertiary/aromatic N) is 2. The fourth-order valence-electron chi connectivity index (χ4n) is 3.19. The molecule has 1 aliphatic carbocycles. The molecule has 1 amide bonds. The summed E-state index contributed by atoms with van der Waals surface area (Å²) in [7, 11) is 1.76. The minimum atomic E-state index is -0.308. The Labute approximate surface area is 140 Å². The van der Waals surface area contributed by atoms with Crippen molar-refractivity contribution < 1.29 is 9.90 Å². The number of hydrogen-bond donors (Lipinski definition) is 2. The van der Waals surface area contributed by atoms with Crippen LogP contribution in [-0.4, -0.2) is 45.8 Å². The first-order valence-electron chi connectivity index (χ1n) is 7.79. The van der Waals surface area contributed by atoms with Gasteiger partial charge in [-0.3, -0.25) is 9.89 Å². The van der Waals surface area contributed by atoms with E-state index in [0.717, 1.165) is 24.8 Å². The van der Waals surface area contributed by atoms with Crippen molar-refractivity contribution in [1.29, 1.82) is 0 Å². The topological polar surface area (TPSA) is 69.2 Å². The average Bonchev–Trinajstić information content (AvgIpc) is 3.17. The van der Waals surface area contributed by atoms with E-state index >= 15 is 0 Å². The molecule has 1 aromatic heterocycles. The van der Waals surface area contributed by atoms with E-state index in [1.807, 2.05) is 18.2 Å². The van der Waals surface area contributed by atoms with E-state index in [0.29, 0.717) is 22.8 Å². The molecule has 0 aliphatic heterocycles. The highest BCUT2D eigenvalue weighted by Gasteiger charge is 2.29. The number of nitrogens with one attached hydrogen (secondary N) is 1. The van der Waals surface area contributed by atoms with Gasteiger partial charge in [0.15, 0.2) is 0 Å². The molecule has 2 N–H and O–H groups in total. The van der Waals surface area contributed by atoms with Gasteiger partial charge in [0.2, 0.25) is 0 Å². The number of carbonyl (C=O) groups is 1. The first-order valence-corrected chi connectivity index (χ1v) is 8.17. The number of H-pyrrole nitrogens is 1. The van der Waals surface area contributed by atoms with Crippen LogP contribution in [-0.2, 0) is 0 Å². The number of aliphatic hydroxyl groups is 1. The molecule has 2 atom stereocenters. The van der Waals surface area contributed by atoms with Crippen molar-refractivity contribution in [2.24, 2.45) is 5.92 Å². The Morgan fingerprint density at radius 1 is 1.43 bits per heavy atom. The SMILES string of the molecule is CN(CC1CCCC1O)C(=O)c1cn[nH]c1-c1ccccc1Cl. The van der Waals surface area contributed by atoms with Crippen molar-refractivity contribution in [2.45, 2.75) is 25.4 Å². The first kappa shape index (κ1) is 16.0. The highest BCUT2D eigenvalue weighted by Crippen LogP contribution is 2.30. The molecule has 1 fully saturated rings. The lowest BCUT2D eigenvalue weighted by Gasteiger charge is -2.23. The number of aromatic amines is 1. The van der Waals surface area contributed by atoms with Crippen LogP contribution >= 0.6 is 11.6 Å². The molecule has 122 valence electrons. The zero-order valence-electron chi connectivity index (χ0n) is 13.0. The van der Waals surface area contributed by atoms with Crippen LogP contribution in [0.15, 0.2) is 30.5 Å². The van der Waals surface area contributed by atoms with Crippen molar-refractivity contribution in [3.63, 3.8) is 0 Å². The number of amides is 1. The van der Waals surface area contributed by atoms with Gasteiger partial charge in [0.1, 0.15) is 0 Å². The van der Waals surface area contributed by atoms with Crippen LogP contribution < -0.4 is 0 Å². The molecule has 5 nitrogen and oxygen atoms in total. The van der Waals surface area contributed by atoms with E-state index in [1.54, 1.807) is 18.0 Å². The zero-order valence-corrected chi connectivity index (χ0v) is 13.8. The van der Waals surface area contributed by atoms with E-state index in [-0.39, 0.29) is 17.9 Å². The summed E-state index contributed by atoms with van der Waals surface area (Å²) < 4.78 is 0. The highest BCUT2D eigenvalue weighted by molar-refractivity contribution is 6.33. The van der Waals surface area contributed by atoms with E-state index in [4.69, 9.17) is 11.6 Å². The van der Waals surface area contributed by atoms with Crippen LogP contribution in [0.4, 0.5) is 0 Å². The van der Waals surface area contributed by atoms with Gasteiger partial charge in [0.05, 0.1) is 23.6 Å². The molecule has 23 heavy (non-hydrogen) atoms. The zero-order chi connectivity index (χ0) is 16.4. The monoisotopic (exact) mass is 333 g/mol. The number of hydrogen-bond acceptors (Lipinski definition) is 3. The quantitative estimate of drug-likeness (QED) is 0.903. The predicted molar refractivity (Wildman–Crippen MR) is 89.3 cm³/mol. The molecule has 0 radical (unpaired) electrons. The number of aromatic nitrogens is 2. The molecule has 0 spiro atoms. The molecule has 1 heterocycles. The van der Waals surface area contributed by atoms with Gasteiger partial charge in [-0.15, -0.1) is 0 Å². The maximum atomic E-state index is 12.7. The molecule has 0 saturated heterocycles. The van der Waals surface area contributed by atoms with Gasteiger partial charge in [-0.2, -0.15) is 5.10 Å². The summed E-state index contributed by atoms with van der Waals surface area (Å²) >= 11 is 6.22. The second-order valence-corrected chi connectivity index (χ2v) is 6.49. The van der Waals surface area contributed by atoms with E-state index in [1.165, 1.54) is 6.20 Å². The minimum Gasteiger partial charge on any atom is -0.393 e. The largest absolute Gasteiger partial charge is 0.393 e. The van der Waals surface area contributed by atoms with Crippen molar-refractivity contribution in [2.75, 3.05) is 13.6 Å². The number of aliphatic hydroxyl groups excluding tert-OH is 1. The fourth-order valence-corrected chi connectivity index (χ4v) is 3.42. The number of rotatable bonds is 4. The number of halogens is 1. The van der Waals surface area contributed by atoms with Crippen LogP contribution in [0.25, 0.3) is 11.3 Å². The molecule has 1 saturated carbocycles. The van der Waals surface area contributed by atoms with Gasteiger partial charge in [0.25, 0.3) is 5.91 Å². The minimum absolute atomic E-state index is 0.118. The average molecular weight is 334 g/mol.